The Morgan fingerprint density at radius 3 is 3.18 bits per heavy atom. The van der Waals surface area contributed by atoms with Crippen molar-refractivity contribution in [3.63, 3.8) is 0 Å². The molecule has 3 heterocycles. The fourth-order valence-electron chi connectivity index (χ4n) is 2.91. The Hall–Kier alpha value is -1.29. The highest BCUT2D eigenvalue weighted by molar-refractivity contribution is 5.91. The Bertz CT molecular complexity index is 401. The zero-order valence-electron chi connectivity index (χ0n) is 9.96. The van der Waals surface area contributed by atoms with Crippen LogP contribution in [0, 0.1) is 5.92 Å². The third-order valence-corrected chi connectivity index (χ3v) is 3.76. The van der Waals surface area contributed by atoms with E-state index in [1.165, 1.54) is 6.26 Å². The van der Waals surface area contributed by atoms with Crippen LogP contribution in [-0.4, -0.2) is 36.1 Å². The van der Waals surface area contributed by atoms with Gasteiger partial charge in [0.05, 0.1) is 18.5 Å². The Labute approximate surface area is 101 Å². The molecule has 2 aliphatic heterocycles. The van der Waals surface area contributed by atoms with Gasteiger partial charge in [0, 0.05) is 13.1 Å². The van der Waals surface area contributed by atoms with Gasteiger partial charge in [0.2, 0.25) is 0 Å². The lowest BCUT2D eigenvalue weighted by atomic mass is 9.92. The van der Waals surface area contributed by atoms with Crippen LogP contribution in [0.25, 0.3) is 0 Å². The average molecular weight is 235 g/mol. The molecule has 3 rings (SSSR count). The number of carbonyl (C=O) groups excluding carboxylic acids is 1. The molecule has 1 aromatic rings. The van der Waals surface area contributed by atoms with Crippen LogP contribution in [0.1, 0.15) is 30.3 Å². The lowest BCUT2D eigenvalue weighted by Gasteiger charge is -2.33. The Kier molecular flexibility index (Phi) is 2.67. The summed E-state index contributed by atoms with van der Waals surface area (Å²) in [6.07, 6.45) is 4.27. The van der Waals surface area contributed by atoms with Gasteiger partial charge in [-0.3, -0.25) is 4.79 Å². The number of amides is 1. The molecule has 0 aromatic carbocycles. The van der Waals surface area contributed by atoms with E-state index in [4.69, 9.17) is 9.15 Å². The molecule has 2 fully saturated rings. The molecule has 0 saturated carbocycles. The number of fused-ring (bicyclic) bond motifs is 1. The molecule has 0 bridgehead atoms. The molecule has 0 radical (unpaired) electrons. The highest BCUT2D eigenvalue weighted by Crippen LogP contribution is 2.33. The fourth-order valence-corrected chi connectivity index (χ4v) is 2.91. The van der Waals surface area contributed by atoms with Gasteiger partial charge in [0.1, 0.15) is 0 Å². The quantitative estimate of drug-likeness (QED) is 0.747. The summed E-state index contributed by atoms with van der Waals surface area (Å²) in [7, 11) is 0. The first kappa shape index (κ1) is 10.8. The van der Waals surface area contributed by atoms with Crippen molar-refractivity contribution in [1.29, 1.82) is 0 Å². The van der Waals surface area contributed by atoms with Gasteiger partial charge in [0.15, 0.2) is 5.76 Å². The standard InChI is InChI=1S/C13H17NO3/c1-9-7-10-4-5-14(8-12(10)17-9)13(15)11-3-2-6-16-11/h2-3,6,9-10,12H,4-5,7-8H2,1H3/t9-,10-,12+/m1/s1. The van der Waals surface area contributed by atoms with Crippen LogP contribution < -0.4 is 0 Å². The average Bonchev–Trinajstić information content (AvgIpc) is 2.94. The number of carbonyl (C=O) groups is 1. The molecule has 0 spiro atoms. The minimum Gasteiger partial charge on any atom is -0.459 e. The lowest BCUT2D eigenvalue weighted by Crippen LogP contribution is -2.45. The van der Waals surface area contributed by atoms with Crippen LogP contribution in [0.3, 0.4) is 0 Å². The number of hydrogen-bond acceptors (Lipinski definition) is 3. The minimum absolute atomic E-state index is 0.0170. The summed E-state index contributed by atoms with van der Waals surface area (Å²) in [5.74, 6) is 1.04. The molecule has 3 atom stereocenters. The SMILES string of the molecule is C[C@@H]1C[C@H]2CCN(C(=O)c3ccco3)C[C@@H]2O1. The molecule has 1 amide bonds. The maximum absolute atomic E-state index is 12.1. The molecule has 2 aliphatic rings. The third-order valence-electron chi connectivity index (χ3n) is 3.76. The van der Waals surface area contributed by atoms with E-state index in [1.54, 1.807) is 12.1 Å². The molecular formula is C13H17NO3. The van der Waals surface area contributed by atoms with Crippen LogP contribution in [0.15, 0.2) is 22.8 Å². The molecule has 2 saturated heterocycles. The van der Waals surface area contributed by atoms with Gasteiger partial charge in [-0.15, -0.1) is 0 Å². The van der Waals surface area contributed by atoms with Crippen molar-refractivity contribution in [3.8, 4) is 0 Å². The van der Waals surface area contributed by atoms with E-state index in [0.29, 0.717) is 24.3 Å². The lowest BCUT2D eigenvalue weighted by molar-refractivity contribution is 0.000628. The van der Waals surface area contributed by atoms with Gasteiger partial charge in [-0.25, -0.2) is 0 Å². The molecule has 0 aliphatic carbocycles. The molecule has 17 heavy (non-hydrogen) atoms. The third kappa shape index (κ3) is 1.97. The second-order valence-corrected chi connectivity index (χ2v) is 5.00. The van der Waals surface area contributed by atoms with Gasteiger partial charge >= 0.3 is 0 Å². The zero-order chi connectivity index (χ0) is 11.8. The highest BCUT2D eigenvalue weighted by atomic mass is 16.5. The van der Waals surface area contributed by atoms with Gasteiger partial charge < -0.3 is 14.1 Å². The Balaban J connectivity index is 1.69. The summed E-state index contributed by atoms with van der Waals surface area (Å²) >= 11 is 0. The topological polar surface area (TPSA) is 42.7 Å². The predicted octanol–water partition coefficient (Wildman–Crippen LogP) is 1.92. The maximum atomic E-state index is 12.1. The number of nitrogens with zero attached hydrogens (tertiary/aromatic N) is 1. The molecule has 0 N–H and O–H groups in total. The van der Waals surface area contributed by atoms with Crippen molar-refractivity contribution >= 4 is 5.91 Å². The fraction of sp³-hybridized carbons (Fsp3) is 0.615. The second kappa shape index (κ2) is 4.18. The van der Waals surface area contributed by atoms with E-state index in [1.807, 2.05) is 4.90 Å². The van der Waals surface area contributed by atoms with E-state index in [2.05, 4.69) is 6.92 Å². The number of likely N-dealkylation sites (tertiary alicyclic amines) is 1. The number of furan rings is 1. The van der Waals surface area contributed by atoms with Gasteiger partial charge in [0.25, 0.3) is 5.91 Å². The molecular weight excluding hydrogens is 218 g/mol. The summed E-state index contributed by atoms with van der Waals surface area (Å²) in [5.41, 5.74) is 0. The van der Waals surface area contributed by atoms with Crippen LogP contribution in [-0.2, 0) is 4.74 Å². The number of hydrogen-bond donors (Lipinski definition) is 0. The molecule has 92 valence electrons. The summed E-state index contributed by atoms with van der Waals surface area (Å²) in [6, 6.07) is 3.46. The first-order valence-electron chi connectivity index (χ1n) is 6.22. The van der Waals surface area contributed by atoms with Crippen molar-refractivity contribution in [2.75, 3.05) is 13.1 Å². The van der Waals surface area contributed by atoms with Crippen molar-refractivity contribution in [3.05, 3.63) is 24.2 Å². The van der Waals surface area contributed by atoms with E-state index < -0.39 is 0 Å². The van der Waals surface area contributed by atoms with Crippen LogP contribution in [0.4, 0.5) is 0 Å². The number of ether oxygens (including phenoxy) is 1. The summed E-state index contributed by atoms with van der Waals surface area (Å²) in [6.45, 7) is 3.63. The zero-order valence-corrected chi connectivity index (χ0v) is 9.96. The summed E-state index contributed by atoms with van der Waals surface area (Å²) in [4.78, 5) is 14.0. The highest BCUT2D eigenvalue weighted by Gasteiger charge is 2.39. The monoisotopic (exact) mass is 235 g/mol. The Morgan fingerprint density at radius 2 is 2.41 bits per heavy atom. The smallest absolute Gasteiger partial charge is 0.289 e. The largest absolute Gasteiger partial charge is 0.459 e. The van der Waals surface area contributed by atoms with E-state index in [-0.39, 0.29) is 12.0 Å². The minimum atomic E-state index is -0.0170. The van der Waals surface area contributed by atoms with Crippen LogP contribution in [0.2, 0.25) is 0 Å². The van der Waals surface area contributed by atoms with Gasteiger partial charge in [-0.1, -0.05) is 0 Å². The van der Waals surface area contributed by atoms with E-state index in [0.717, 1.165) is 19.4 Å². The van der Waals surface area contributed by atoms with E-state index in [9.17, 15) is 4.79 Å². The first-order chi connectivity index (χ1) is 8.24. The summed E-state index contributed by atoms with van der Waals surface area (Å²) < 4.78 is 11.0. The van der Waals surface area contributed by atoms with Gasteiger partial charge in [-0.2, -0.15) is 0 Å². The van der Waals surface area contributed by atoms with Crippen LogP contribution >= 0.6 is 0 Å². The van der Waals surface area contributed by atoms with Crippen LogP contribution in [0.5, 0.6) is 0 Å². The predicted molar refractivity (Wildman–Crippen MR) is 61.7 cm³/mol. The normalized spacial score (nSPS) is 32.5. The first-order valence-corrected chi connectivity index (χ1v) is 6.22. The van der Waals surface area contributed by atoms with Crippen molar-refractivity contribution in [2.45, 2.75) is 32.0 Å². The number of piperidine rings is 1. The number of rotatable bonds is 1. The molecule has 0 unspecified atom stereocenters. The summed E-state index contributed by atoms with van der Waals surface area (Å²) in [5, 5.41) is 0. The molecule has 1 aromatic heterocycles. The molecule has 4 heteroatoms. The second-order valence-electron chi connectivity index (χ2n) is 5.00. The Morgan fingerprint density at radius 1 is 1.53 bits per heavy atom. The molecule has 4 nitrogen and oxygen atoms in total. The maximum Gasteiger partial charge on any atom is 0.289 e. The van der Waals surface area contributed by atoms with Gasteiger partial charge in [-0.05, 0) is 37.8 Å². The van der Waals surface area contributed by atoms with Crippen molar-refractivity contribution in [1.82, 2.24) is 4.90 Å². The van der Waals surface area contributed by atoms with E-state index >= 15 is 0 Å². The van der Waals surface area contributed by atoms with Crippen molar-refractivity contribution in [2.24, 2.45) is 5.92 Å². The van der Waals surface area contributed by atoms with Crippen molar-refractivity contribution < 1.29 is 13.9 Å².